The van der Waals surface area contributed by atoms with Crippen LogP contribution in [0.25, 0.3) is 10.9 Å². The zero-order valence-corrected chi connectivity index (χ0v) is 20.0. The van der Waals surface area contributed by atoms with E-state index in [1.165, 1.54) is 12.1 Å². The molecule has 0 radical (unpaired) electrons. The third-order valence-corrected chi connectivity index (χ3v) is 8.24. The van der Waals surface area contributed by atoms with Crippen LogP contribution in [-0.4, -0.2) is 25.5 Å². The molecule has 164 valence electrons. The molecule has 4 rings (SSSR count). The van der Waals surface area contributed by atoms with E-state index in [1.54, 1.807) is 6.20 Å². The van der Waals surface area contributed by atoms with E-state index in [9.17, 15) is 8.42 Å². The highest BCUT2D eigenvalue weighted by molar-refractivity contribution is 7.89. The first-order chi connectivity index (χ1) is 14.7. The number of rotatable bonds is 5. The van der Waals surface area contributed by atoms with Crippen molar-refractivity contribution in [3.05, 3.63) is 62.7 Å². The minimum Gasteiger partial charge on any atom is -0.382 e. The van der Waals surface area contributed by atoms with E-state index < -0.39 is 10.0 Å². The van der Waals surface area contributed by atoms with Crippen LogP contribution in [0.4, 0.5) is 5.69 Å². The Kier molecular flexibility index (Phi) is 6.87. The van der Waals surface area contributed by atoms with E-state index in [2.05, 4.69) is 15.0 Å². The molecule has 1 fully saturated rings. The molecular weight excluding hydrogens is 500 g/mol. The van der Waals surface area contributed by atoms with Crippen LogP contribution in [0.2, 0.25) is 20.1 Å². The number of anilines is 1. The summed E-state index contributed by atoms with van der Waals surface area (Å²) >= 11 is 24.1. The van der Waals surface area contributed by atoms with E-state index in [4.69, 9.17) is 46.4 Å². The van der Waals surface area contributed by atoms with Gasteiger partial charge in [0.2, 0.25) is 10.0 Å². The van der Waals surface area contributed by atoms with Crippen molar-refractivity contribution in [1.82, 2.24) is 9.71 Å². The first-order valence-corrected chi connectivity index (χ1v) is 12.7. The standard InChI is InChI=1S/C21H19Cl4N3O2S/c22-12-1-6-16-19(7-8-26-20(16)11-12)27-14-2-4-15(5-3-14)28-31(29,30)21-17(24)9-13(23)10-18(21)25/h1,6-11,14-15,28H,2-5H2,(H,26,27)/t14-,15+. The summed E-state index contributed by atoms with van der Waals surface area (Å²) in [5, 5.41) is 5.50. The maximum atomic E-state index is 12.8. The number of aromatic nitrogens is 1. The average Bonchev–Trinajstić information content (AvgIpc) is 2.68. The molecule has 0 unspecified atom stereocenters. The average molecular weight is 519 g/mol. The molecule has 10 heteroatoms. The zero-order chi connectivity index (χ0) is 22.2. The topological polar surface area (TPSA) is 71.1 Å². The van der Waals surface area contributed by atoms with Gasteiger partial charge in [-0.1, -0.05) is 46.4 Å². The summed E-state index contributed by atoms with van der Waals surface area (Å²) in [6, 6.07) is 10.3. The smallest absolute Gasteiger partial charge is 0.243 e. The fourth-order valence-corrected chi connectivity index (χ4v) is 6.90. The summed E-state index contributed by atoms with van der Waals surface area (Å²) in [7, 11) is -3.86. The molecule has 0 bridgehead atoms. The highest BCUT2D eigenvalue weighted by atomic mass is 35.5. The van der Waals surface area contributed by atoms with Gasteiger partial charge in [-0.2, -0.15) is 0 Å². The van der Waals surface area contributed by atoms with Gasteiger partial charge in [-0.05, 0) is 62.1 Å². The number of nitrogens with zero attached hydrogens (tertiary/aromatic N) is 1. The second-order valence-corrected chi connectivity index (χ2v) is 10.9. The van der Waals surface area contributed by atoms with Crippen molar-refractivity contribution in [2.75, 3.05) is 5.32 Å². The summed E-state index contributed by atoms with van der Waals surface area (Å²) in [5.41, 5.74) is 1.82. The number of benzene rings is 2. The van der Waals surface area contributed by atoms with Crippen molar-refractivity contribution in [1.29, 1.82) is 0 Å². The highest BCUT2D eigenvalue weighted by Gasteiger charge is 2.29. The summed E-state index contributed by atoms with van der Waals surface area (Å²) in [5.74, 6) is 0. The molecule has 1 aromatic heterocycles. The third-order valence-electron chi connectivity index (χ3n) is 5.35. The van der Waals surface area contributed by atoms with E-state index in [0.29, 0.717) is 17.9 Å². The highest BCUT2D eigenvalue weighted by Crippen LogP contribution is 2.34. The van der Waals surface area contributed by atoms with Gasteiger partial charge >= 0.3 is 0 Å². The van der Waals surface area contributed by atoms with Gasteiger partial charge in [-0.25, -0.2) is 13.1 Å². The molecule has 0 spiro atoms. The molecule has 2 aromatic carbocycles. The van der Waals surface area contributed by atoms with E-state index >= 15 is 0 Å². The lowest BCUT2D eigenvalue weighted by atomic mass is 9.91. The zero-order valence-electron chi connectivity index (χ0n) is 16.2. The molecule has 1 aliphatic rings. The minimum atomic E-state index is -3.86. The Morgan fingerprint density at radius 1 is 0.839 bits per heavy atom. The van der Waals surface area contributed by atoms with Crippen molar-refractivity contribution in [3.8, 4) is 0 Å². The van der Waals surface area contributed by atoms with Crippen LogP contribution in [0.15, 0.2) is 47.5 Å². The van der Waals surface area contributed by atoms with Crippen LogP contribution >= 0.6 is 46.4 Å². The summed E-state index contributed by atoms with van der Waals surface area (Å²) in [6.45, 7) is 0. The second-order valence-electron chi connectivity index (χ2n) is 7.53. The number of hydrogen-bond donors (Lipinski definition) is 2. The van der Waals surface area contributed by atoms with Crippen LogP contribution in [0, 0.1) is 0 Å². The monoisotopic (exact) mass is 517 g/mol. The predicted octanol–water partition coefficient (Wildman–Crippen LogP) is 6.55. The van der Waals surface area contributed by atoms with Crippen molar-refractivity contribution < 1.29 is 8.42 Å². The molecule has 0 atom stereocenters. The van der Waals surface area contributed by atoms with Gasteiger partial charge in [0, 0.05) is 39.4 Å². The molecule has 5 nitrogen and oxygen atoms in total. The van der Waals surface area contributed by atoms with Gasteiger partial charge < -0.3 is 5.32 Å². The second kappa shape index (κ2) is 9.30. The molecule has 2 N–H and O–H groups in total. The largest absolute Gasteiger partial charge is 0.382 e. The minimum absolute atomic E-state index is 0.00465. The number of hydrogen-bond acceptors (Lipinski definition) is 4. The number of sulfonamides is 1. The SMILES string of the molecule is O=S(=O)(N[C@H]1CC[C@@H](Nc2ccnc3cc(Cl)ccc23)CC1)c1c(Cl)cc(Cl)cc1Cl. The lowest BCUT2D eigenvalue weighted by Crippen LogP contribution is -2.40. The number of pyridine rings is 1. The number of halogens is 4. The van der Waals surface area contributed by atoms with Gasteiger partial charge in [0.05, 0.1) is 15.6 Å². The number of fused-ring (bicyclic) bond motifs is 1. The Hall–Kier alpha value is -1.28. The Morgan fingerprint density at radius 3 is 2.16 bits per heavy atom. The predicted molar refractivity (Wildman–Crippen MR) is 128 cm³/mol. The molecule has 1 aliphatic carbocycles. The first kappa shape index (κ1) is 22.9. The Morgan fingerprint density at radius 2 is 1.48 bits per heavy atom. The maximum Gasteiger partial charge on any atom is 0.243 e. The van der Waals surface area contributed by atoms with Crippen molar-refractivity contribution in [2.24, 2.45) is 0 Å². The molecule has 0 amide bonds. The molecule has 0 aliphatic heterocycles. The molecule has 1 heterocycles. The van der Waals surface area contributed by atoms with Gasteiger partial charge in [0.25, 0.3) is 0 Å². The van der Waals surface area contributed by atoms with Crippen LogP contribution in [0.3, 0.4) is 0 Å². The molecular formula is C21H19Cl4N3O2S. The molecule has 31 heavy (non-hydrogen) atoms. The summed E-state index contributed by atoms with van der Waals surface area (Å²) in [6.07, 6.45) is 4.75. The Labute approximate surface area is 201 Å². The van der Waals surface area contributed by atoms with E-state index in [-0.39, 0.29) is 32.0 Å². The normalized spacial score (nSPS) is 19.5. The third kappa shape index (κ3) is 5.21. The van der Waals surface area contributed by atoms with Crippen LogP contribution in [0.5, 0.6) is 0 Å². The maximum absolute atomic E-state index is 12.8. The van der Waals surface area contributed by atoms with Crippen LogP contribution in [-0.2, 0) is 10.0 Å². The van der Waals surface area contributed by atoms with Crippen molar-refractivity contribution in [2.45, 2.75) is 42.7 Å². The molecule has 1 saturated carbocycles. The van der Waals surface area contributed by atoms with Crippen LogP contribution < -0.4 is 10.0 Å². The van der Waals surface area contributed by atoms with E-state index in [0.717, 1.165) is 29.4 Å². The van der Waals surface area contributed by atoms with Gasteiger partial charge in [0.1, 0.15) is 4.90 Å². The van der Waals surface area contributed by atoms with Gasteiger partial charge in [0.15, 0.2) is 0 Å². The Bertz CT molecular complexity index is 1210. The lowest BCUT2D eigenvalue weighted by Gasteiger charge is -2.30. The fraction of sp³-hybridized carbons (Fsp3) is 0.286. The summed E-state index contributed by atoms with van der Waals surface area (Å²) < 4.78 is 28.4. The fourth-order valence-electron chi connectivity index (χ4n) is 3.89. The van der Waals surface area contributed by atoms with Gasteiger partial charge in [-0.3, -0.25) is 4.98 Å². The summed E-state index contributed by atoms with van der Waals surface area (Å²) in [4.78, 5) is 4.23. The number of nitrogens with one attached hydrogen (secondary N) is 2. The Balaban J connectivity index is 1.42. The molecule has 3 aromatic rings. The van der Waals surface area contributed by atoms with Crippen molar-refractivity contribution >= 4 is 73.0 Å². The van der Waals surface area contributed by atoms with Gasteiger partial charge in [-0.15, -0.1) is 0 Å². The first-order valence-electron chi connectivity index (χ1n) is 9.70. The van der Waals surface area contributed by atoms with E-state index in [1.807, 2.05) is 24.3 Å². The molecule has 0 saturated heterocycles. The van der Waals surface area contributed by atoms with Crippen LogP contribution in [0.1, 0.15) is 25.7 Å². The quantitative estimate of drug-likeness (QED) is 0.401. The lowest BCUT2D eigenvalue weighted by molar-refractivity contribution is 0.387. The van der Waals surface area contributed by atoms with Crippen molar-refractivity contribution in [3.63, 3.8) is 0 Å².